The Morgan fingerprint density at radius 2 is 1.83 bits per heavy atom. The number of nitrogens with zero attached hydrogens (tertiary/aromatic N) is 3. The van der Waals surface area contributed by atoms with Crippen LogP contribution in [0.15, 0.2) is 46.5 Å². The van der Waals surface area contributed by atoms with Gasteiger partial charge >= 0.3 is 20.9 Å². The predicted molar refractivity (Wildman–Crippen MR) is 120 cm³/mol. The quantitative estimate of drug-likeness (QED) is 0.203. The highest BCUT2D eigenvalue weighted by Crippen LogP contribution is 2.55. The lowest BCUT2D eigenvalue weighted by Gasteiger charge is -2.19. The van der Waals surface area contributed by atoms with Crippen LogP contribution in [-0.2, 0) is 36.9 Å². The van der Waals surface area contributed by atoms with Crippen LogP contribution in [-0.4, -0.2) is 64.8 Å². The van der Waals surface area contributed by atoms with Crippen molar-refractivity contribution < 1.29 is 48.1 Å². The molecule has 1 saturated heterocycles. The molecule has 5 N–H and O–H groups in total. The number of aliphatic hydroxyl groups excluding tert-OH is 2. The molecule has 2 heterocycles. The fourth-order valence-corrected chi connectivity index (χ4v) is 5.98. The van der Waals surface area contributed by atoms with Crippen molar-refractivity contribution in [2.45, 2.75) is 31.1 Å². The van der Waals surface area contributed by atoms with Gasteiger partial charge in [-0.2, -0.15) is 0 Å². The van der Waals surface area contributed by atoms with Gasteiger partial charge in [-0.15, -0.1) is 0 Å². The predicted octanol–water partition coefficient (Wildman–Crippen LogP) is -0.171. The zero-order chi connectivity index (χ0) is 26.0. The van der Waals surface area contributed by atoms with Gasteiger partial charge in [0, 0.05) is 29.9 Å². The summed E-state index contributed by atoms with van der Waals surface area (Å²) < 4.78 is 34.9. The van der Waals surface area contributed by atoms with Crippen molar-refractivity contribution in [1.29, 1.82) is 0 Å². The Morgan fingerprint density at radius 3 is 2.49 bits per heavy atom. The molecule has 35 heavy (non-hydrogen) atoms. The summed E-state index contributed by atoms with van der Waals surface area (Å²) in [6.07, 6.45) is -4.77. The Labute approximate surface area is 203 Å². The van der Waals surface area contributed by atoms with Gasteiger partial charge in [-0.3, -0.25) is 18.3 Å². The molecule has 194 valence electrons. The van der Waals surface area contributed by atoms with Crippen molar-refractivity contribution in [3.63, 3.8) is 0 Å². The lowest BCUT2D eigenvalue weighted by molar-refractivity contribution is -0.0530. The highest BCUT2D eigenvalue weighted by molar-refractivity contribution is 7.70. The lowest BCUT2D eigenvalue weighted by Crippen LogP contribution is -2.42. The van der Waals surface area contributed by atoms with E-state index in [1.807, 2.05) is 0 Å². The molecule has 14 nitrogen and oxygen atoms in total. The van der Waals surface area contributed by atoms with Gasteiger partial charge in [-0.1, -0.05) is 35.0 Å². The summed E-state index contributed by atoms with van der Waals surface area (Å²) in [5, 5.41) is 25.0. The molecule has 1 aliphatic rings. The zero-order valence-corrected chi connectivity index (χ0v) is 20.7. The first-order valence-electron chi connectivity index (χ1n) is 9.99. The fourth-order valence-electron chi connectivity index (χ4n) is 3.22. The van der Waals surface area contributed by atoms with Gasteiger partial charge in [0.05, 0.1) is 6.61 Å². The van der Waals surface area contributed by atoms with E-state index in [0.717, 1.165) is 9.13 Å². The first-order chi connectivity index (χ1) is 16.3. The minimum absolute atomic E-state index is 0.0534. The van der Waals surface area contributed by atoms with E-state index in [2.05, 4.69) is 9.68 Å². The van der Waals surface area contributed by atoms with Crippen molar-refractivity contribution in [3.8, 4) is 0 Å². The first kappa shape index (κ1) is 27.8. The fraction of sp³-hybridized carbons (Fsp3) is 0.444. The Bertz CT molecular complexity index is 1280. The van der Waals surface area contributed by atoms with E-state index in [1.165, 1.54) is 19.3 Å². The summed E-state index contributed by atoms with van der Waals surface area (Å²) in [6, 6.07) is 8.38. The van der Waals surface area contributed by atoms with Crippen molar-refractivity contribution >= 4 is 26.8 Å². The summed E-state index contributed by atoms with van der Waals surface area (Å²) in [5.41, 5.74) is 0.122. The van der Waals surface area contributed by atoms with Crippen LogP contribution in [0.2, 0.25) is 5.02 Å². The summed E-state index contributed by atoms with van der Waals surface area (Å²) >= 11 is 6.06. The normalized spacial score (nSPS) is 24.9. The number of hydrogen-bond acceptors (Lipinski definition) is 9. The second-order valence-corrected chi connectivity index (χ2v) is 12.1. The van der Waals surface area contributed by atoms with Crippen LogP contribution in [0, 0.1) is 0 Å². The van der Waals surface area contributed by atoms with E-state index in [9.17, 15) is 29.0 Å². The highest BCUT2D eigenvalue weighted by Gasteiger charge is 2.45. The number of ether oxygens (including phenoxy) is 1. The molecular weight excluding hydrogens is 532 g/mol. The van der Waals surface area contributed by atoms with Crippen LogP contribution in [0.5, 0.6) is 0 Å². The molecule has 3 unspecified atom stereocenters. The second kappa shape index (κ2) is 11.1. The van der Waals surface area contributed by atoms with E-state index in [1.54, 1.807) is 24.3 Å². The zero-order valence-electron chi connectivity index (χ0n) is 18.2. The minimum atomic E-state index is -4.85. The Hall–Kier alpha value is -1.83. The maximum atomic E-state index is 12.8. The third kappa shape index (κ3) is 7.11. The number of hydrogen-bond donors (Lipinski definition) is 5. The van der Waals surface area contributed by atoms with Crippen molar-refractivity contribution in [2.75, 3.05) is 12.5 Å². The second-order valence-electron chi connectivity index (χ2n) is 7.66. The van der Waals surface area contributed by atoms with Gasteiger partial charge < -0.3 is 39.0 Å². The van der Waals surface area contributed by atoms with Crippen LogP contribution < -0.4 is 11.2 Å². The standard InChI is InChI=1S/C18H24ClN3O11P2/c1-21-14(20-31-8-11-4-2-3-5-12(11)19)6-7-22(18(21)25)17-16(24)15(23)13(33-17)9-32-35(29,30)10-34(26,27)28/h2-7,13,15-17,23-24H,8-10H2,1H3,(H,29,30)(H2,26,27,28)/b20-14-/t13-,15?,16?,17-/m1/s1. The Kier molecular flexibility index (Phi) is 8.77. The van der Waals surface area contributed by atoms with Gasteiger partial charge in [0.1, 0.15) is 24.9 Å². The molecule has 0 bridgehead atoms. The summed E-state index contributed by atoms with van der Waals surface area (Å²) in [4.78, 5) is 45.3. The molecule has 2 aromatic rings. The smallest absolute Gasteiger partial charge is 0.340 e. The minimum Gasteiger partial charge on any atom is -0.389 e. The first-order valence-corrected chi connectivity index (χ1v) is 13.9. The van der Waals surface area contributed by atoms with Gasteiger partial charge in [-0.25, -0.2) is 4.79 Å². The van der Waals surface area contributed by atoms with E-state index in [0.29, 0.717) is 10.6 Å². The van der Waals surface area contributed by atoms with Gasteiger partial charge in [0.2, 0.25) is 0 Å². The summed E-state index contributed by atoms with van der Waals surface area (Å²) in [6.45, 7) is -0.718. The van der Waals surface area contributed by atoms with E-state index in [-0.39, 0.29) is 12.1 Å². The number of halogens is 1. The van der Waals surface area contributed by atoms with Crippen molar-refractivity contribution in [3.05, 3.63) is 63.1 Å². The molecule has 0 radical (unpaired) electrons. The molecule has 17 heteroatoms. The van der Waals surface area contributed by atoms with Crippen LogP contribution in [0.3, 0.4) is 0 Å². The van der Waals surface area contributed by atoms with Crippen LogP contribution in [0.1, 0.15) is 11.8 Å². The molecule has 0 amide bonds. The van der Waals surface area contributed by atoms with Gasteiger partial charge in [0.15, 0.2) is 17.6 Å². The molecule has 1 aromatic heterocycles. The molecule has 1 aromatic carbocycles. The number of aromatic nitrogens is 2. The summed E-state index contributed by atoms with van der Waals surface area (Å²) in [7, 11) is -8.17. The maximum Gasteiger partial charge on any atom is 0.340 e. The number of rotatable bonds is 9. The molecule has 0 aliphatic carbocycles. The van der Waals surface area contributed by atoms with Crippen LogP contribution in [0.4, 0.5) is 0 Å². The molecule has 3 rings (SSSR count). The maximum absolute atomic E-state index is 12.8. The van der Waals surface area contributed by atoms with Crippen LogP contribution in [0.25, 0.3) is 0 Å². The van der Waals surface area contributed by atoms with Gasteiger partial charge in [0.25, 0.3) is 0 Å². The Morgan fingerprint density at radius 1 is 1.14 bits per heavy atom. The van der Waals surface area contributed by atoms with E-state index >= 15 is 0 Å². The lowest BCUT2D eigenvalue weighted by atomic mass is 10.1. The molecule has 0 spiro atoms. The van der Waals surface area contributed by atoms with E-state index in [4.69, 9.17) is 31.0 Å². The van der Waals surface area contributed by atoms with Crippen molar-refractivity contribution in [2.24, 2.45) is 12.2 Å². The largest absolute Gasteiger partial charge is 0.389 e. The third-order valence-corrected chi connectivity index (χ3v) is 8.81. The average Bonchev–Trinajstić information content (AvgIpc) is 3.03. The molecule has 0 saturated carbocycles. The SMILES string of the molecule is Cn1c(=O)n([C@@H]2O[C@H](COP(=O)(O)CP(=O)(O)O)C(O)C2O)cc/c1=N/OCc1ccccc1Cl. The summed E-state index contributed by atoms with van der Waals surface area (Å²) in [5.74, 6) is -1.42. The topological polar surface area (TPSA) is 202 Å². The third-order valence-electron chi connectivity index (χ3n) is 4.99. The Balaban J connectivity index is 1.72. The van der Waals surface area contributed by atoms with Crippen LogP contribution >= 0.6 is 26.8 Å². The molecule has 5 atom stereocenters. The molecular formula is C18H24ClN3O11P2. The van der Waals surface area contributed by atoms with E-state index < -0.39 is 57.9 Å². The number of aliphatic hydroxyl groups is 2. The molecule has 1 aliphatic heterocycles. The monoisotopic (exact) mass is 555 g/mol. The average molecular weight is 556 g/mol. The highest BCUT2D eigenvalue weighted by atomic mass is 35.5. The molecule has 1 fully saturated rings. The van der Waals surface area contributed by atoms with Crippen molar-refractivity contribution in [1.82, 2.24) is 9.13 Å². The van der Waals surface area contributed by atoms with Gasteiger partial charge in [-0.05, 0) is 6.07 Å². The number of benzene rings is 1.